The highest BCUT2D eigenvalue weighted by atomic mass is 19.3. The summed E-state index contributed by atoms with van der Waals surface area (Å²) >= 11 is 0. The largest absolute Gasteiger partial charge is 0.363 e. The highest BCUT2D eigenvalue weighted by Crippen LogP contribution is 2.31. The van der Waals surface area contributed by atoms with E-state index in [1.54, 1.807) is 18.3 Å². The van der Waals surface area contributed by atoms with Crippen LogP contribution < -0.4 is 10.2 Å². The van der Waals surface area contributed by atoms with Crippen molar-refractivity contribution in [3.63, 3.8) is 0 Å². The van der Waals surface area contributed by atoms with E-state index in [0.29, 0.717) is 17.7 Å². The highest BCUT2D eigenvalue weighted by Gasteiger charge is 2.26. The topological polar surface area (TPSA) is 57.2 Å². The van der Waals surface area contributed by atoms with Gasteiger partial charge in [0.05, 0.1) is 11.7 Å². The molecule has 1 aromatic carbocycles. The summed E-state index contributed by atoms with van der Waals surface area (Å²) in [5, 5.41) is 4.29. The van der Waals surface area contributed by atoms with Crippen LogP contribution in [0.2, 0.25) is 0 Å². The standard InChI is InChI=1S/C24H30F2N6/c1-15(17-7-6-8-18(11-17)24(3,25)26)28-23-20-12-22(27-13-21(20)29-16(2)30-23)32-10-9-19(14-32)31(4)5/h6-8,11-13,15,19H,9-10,14H2,1-5H3,(H,28,29,30)/t15-,19-/m1/s1. The molecule has 4 rings (SSSR count). The molecule has 1 fully saturated rings. The number of rotatable bonds is 6. The molecule has 3 aromatic rings. The summed E-state index contributed by atoms with van der Waals surface area (Å²) in [5.41, 5.74) is 1.53. The smallest absolute Gasteiger partial charge is 0.270 e. The van der Waals surface area contributed by atoms with Gasteiger partial charge in [-0.25, -0.2) is 23.7 Å². The minimum Gasteiger partial charge on any atom is -0.363 e. The molecule has 0 spiro atoms. The summed E-state index contributed by atoms with van der Waals surface area (Å²) in [4.78, 5) is 18.3. The molecule has 6 nitrogen and oxygen atoms in total. The minimum absolute atomic E-state index is 0.00309. The summed E-state index contributed by atoms with van der Waals surface area (Å²) in [6.45, 7) is 6.57. The molecule has 1 aliphatic rings. The van der Waals surface area contributed by atoms with Gasteiger partial charge in [-0.15, -0.1) is 0 Å². The van der Waals surface area contributed by atoms with Crippen molar-refractivity contribution >= 4 is 22.5 Å². The first-order valence-corrected chi connectivity index (χ1v) is 10.9. The predicted octanol–water partition coefficient (Wildman–Crippen LogP) is 4.76. The second kappa shape index (κ2) is 8.58. The highest BCUT2D eigenvalue weighted by molar-refractivity contribution is 5.90. The minimum atomic E-state index is -2.88. The van der Waals surface area contributed by atoms with Crippen LogP contribution in [0.5, 0.6) is 0 Å². The van der Waals surface area contributed by atoms with Gasteiger partial charge in [-0.2, -0.15) is 0 Å². The van der Waals surface area contributed by atoms with Crippen LogP contribution >= 0.6 is 0 Å². The van der Waals surface area contributed by atoms with Gasteiger partial charge in [0.1, 0.15) is 17.5 Å². The van der Waals surface area contributed by atoms with Gasteiger partial charge in [0.25, 0.3) is 5.92 Å². The average molecular weight is 441 g/mol. The molecule has 0 unspecified atom stereocenters. The third kappa shape index (κ3) is 4.65. The van der Waals surface area contributed by atoms with E-state index in [-0.39, 0.29) is 11.6 Å². The van der Waals surface area contributed by atoms with Gasteiger partial charge in [0.2, 0.25) is 0 Å². The summed E-state index contributed by atoms with van der Waals surface area (Å²) in [6.07, 6.45) is 2.88. The molecule has 1 aliphatic heterocycles. The Morgan fingerprint density at radius 3 is 2.69 bits per heavy atom. The number of benzene rings is 1. The zero-order valence-corrected chi connectivity index (χ0v) is 19.2. The number of fused-ring (bicyclic) bond motifs is 1. The summed E-state index contributed by atoms with van der Waals surface area (Å²) < 4.78 is 27.6. The Labute approximate surface area is 187 Å². The van der Waals surface area contributed by atoms with Crippen molar-refractivity contribution < 1.29 is 8.78 Å². The Balaban J connectivity index is 1.65. The number of hydrogen-bond donors (Lipinski definition) is 1. The lowest BCUT2D eigenvalue weighted by molar-refractivity contribution is 0.0174. The molecule has 0 radical (unpaired) electrons. The number of likely N-dealkylation sites (N-methyl/N-ethyl adjacent to an activating group) is 1. The molecule has 1 saturated heterocycles. The van der Waals surface area contributed by atoms with Gasteiger partial charge in [-0.3, -0.25) is 0 Å². The molecular weight excluding hydrogens is 410 g/mol. The quantitative estimate of drug-likeness (QED) is 0.597. The molecule has 1 N–H and O–H groups in total. The van der Waals surface area contributed by atoms with Crippen LogP contribution in [0.1, 0.15) is 43.3 Å². The fourth-order valence-corrected chi connectivity index (χ4v) is 4.16. The lowest BCUT2D eigenvalue weighted by atomic mass is 10.0. The van der Waals surface area contributed by atoms with Crippen LogP contribution in [-0.4, -0.2) is 53.1 Å². The number of halogens is 2. The molecule has 0 aliphatic carbocycles. The third-order valence-electron chi connectivity index (χ3n) is 6.14. The number of hydrogen-bond acceptors (Lipinski definition) is 6. The number of nitrogens with zero attached hydrogens (tertiary/aromatic N) is 5. The van der Waals surface area contributed by atoms with Gasteiger partial charge in [-0.1, -0.05) is 18.2 Å². The molecule has 0 bridgehead atoms. The fourth-order valence-electron chi connectivity index (χ4n) is 4.16. The van der Waals surface area contributed by atoms with Gasteiger partial charge in [0.15, 0.2) is 0 Å². The van der Waals surface area contributed by atoms with Crippen molar-refractivity contribution in [3.8, 4) is 0 Å². The van der Waals surface area contributed by atoms with Gasteiger partial charge in [-0.05, 0) is 52.1 Å². The van der Waals surface area contributed by atoms with Crippen LogP contribution in [-0.2, 0) is 5.92 Å². The fraction of sp³-hybridized carbons (Fsp3) is 0.458. The van der Waals surface area contributed by atoms with Crippen LogP contribution in [0.25, 0.3) is 10.9 Å². The number of anilines is 2. The van der Waals surface area contributed by atoms with E-state index in [2.05, 4.69) is 44.2 Å². The van der Waals surface area contributed by atoms with E-state index in [1.807, 2.05) is 26.0 Å². The normalized spacial score (nSPS) is 17.9. The zero-order chi connectivity index (χ0) is 23.0. The van der Waals surface area contributed by atoms with Crippen LogP contribution in [0.15, 0.2) is 36.5 Å². The molecule has 0 saturated carbocycles. The monoisotopic (exact) mass is 440 g/mol. The van der Waals surface area contributed by atoms with Crippen molar-refractivity contribution in [3.05, 3.63) is 53.5 Å². The Hall–Kier alpha value is -2.87. The van der Waals surface area contributed by atoms with Gasteiger partial charge < -0.3 is 15.1 Å². The van der Waals surface area contributed by atoms with Crippen molar-refractivity contribution in [1.82, 2.24) is 19.9 Å². The van der Waals surface area contributed by atoms with Crippen LogP contribution in [0, 0.1) is 6.92 Å². The molecule has 170 valence electrons. The molecule has 0 amide bonds. The van der Waals surface area contributed by atoms with E-state index >= 15 is 0 Å². The first kappa shape index (κ1) is 22.3. The Morgan fingerprint density at radius 1 is 1.22 bits per heavy atom. The summed E-state index contributed by atoms with van der Waals surface area (Å²) in [5.74, 6) is -0.669. The zero-order valence-electron chi connectivity index (χ0n) is 19.2. The first-order valence-electron chi connectivity index (χ1n) is 10.9. The van der Waals surface area contributed by atoms with E-state index in [4.69, 9.17) is 0 Å². The lowest BCUT2D eigenvalue weighted by Crippen LogP contribution is -2.31. The van der Waals surface area contributed by atoms with Crippen molar-refractivity contribution in [2.75, 3.05) is 37.4 Å². The summed E-state index contributed by atoms with van der Waals surface area (Å²) in [7, 11) is 4.21. The maximum Gasteiger partial charge on any atom is 0.270 e. The number of aromatic nitrogens is 3. The molecule has 8 heteroatoms. The van der Waals surface area contributed by atoms with Gasteiger partial charge in [0, 0.05) is 43.0 Å². The molecular formula is C24H30F2N6. The number of pyridine rings is 1. The SMILES string of the molecule is Cc1nc(N[C@H](C)c2cccc(C(C)(F)F)c2)c2cc(N3CC[C@@H](N(C)C)C3)ncc2n1. The summed E-state index contributed by atoms with van der Waals surface area (Å²) in [6, 6.07) is 8.84. The maximum absolute atomic E-state index is 13.8. The Bertz CT molecular complexity index is 1110. The average Bonchev–Trinajstić information content (AvgIpc) is 3.23. The van der Waals surface area contributed by atoms with Gasteiger partial charge >= 0.3 is 0 Å². The second-order valence-corrected chi connectivity index (χ2v) is 8.91. The number of nitrogens with one attached hydrogen (secondary N) is 1. The van der Waals surface area contributed by atoms with E-state index in [9.17, 15) is 8.78 Å². The molecule has 32 heavy (non-hydrogen) atoms. The third-order valence-corrected chi connectivity index (χ3v) is 6.14. The van der Waals surface area contributed by atoms with E-state index in [0.717, 1.165) is 48.7 Å². The number of alkyl halides is 2. The Morgan fingerprint density at radius 2 is 2.00 bits per heavy atom. The maximum atomic E-state index is 13.8. The van der Waals surface area contributed by atoms with Crippen molar-refractivity contribution in [2.45, 2.75) is 45.2 Å². The van der Waals surface area contributed by atoms with Crippen molar-refractivity contribution in [2.24, 2.45) is 0 Å². The van der Waals surface area contributed by atoms with Crippen molar-refractivity contribution in [1.29, 1.82) is 0 Å². The second-order valence-electron chi connectivity index (χ2n) is 8.91. The predicted molar refractivity (Wildman–Crippen MR) is 124 cm³/mol. The molecule has 3 heterocycles. The molecule has 2 aromatic heterocycles. The first-order chi connectivity index (χ1) is 15.1. The molecule has 2 atom stereocenters. The van der Waals surface area contributed by atoms with E-state index in [1.165, 1.54) is 6.07 Å². The van der Waals surface area contributed by atoms with Crippen LogP contribution in [0.3, 0.4) is 0 Å². The Kier molecular flexibility index (Phi) is 5.99. The van der Waals surface area contributed by atoms with Crippen LogP contribution in [0.4, 0.5) is 20.4 Å². The number of aryl methyl sites for hydroxylation is 1. The lowest BCUT2D eigenvalue weighted by Gasteiger charge is -2.22. The van der Waals surface area contributed by atoms with E-state index < -0.39 is 5.92 Å².